The van der Waals surface area contributed by atoms with Crippen molar-refractivity contribution in [2.24, 2.45) is 5.73 Å². The summed E-state index contributed by atoms with van der Waals surface area (Å²) in [6.07, 6.45) is 2.49. The largest absolute Gasteiger partial charge is 0.327 e. The summed E-state index contributed by atoms with van der Waals surface area (Å²) in [6.45, 7) is 6.31. The highest BCUT2D eigenvalue weighted by atomic mass is 15.1. The molecule has 62 valence electrons. The molecule has 0 bridgehead atoms. The number of likely N-dealkylation sites (tertiary alicyclic amines) is 1. The van der Waals surface area contributed by atoms with E-state index >= 15 is 0 Å². The van der Waals surface area contributed by atoms with Crippen molar-refractivity contribution in [3.63, 3.8) is 0 Å². The Morgan fingerprint density at radius 2 is 2.00 bits per heavy atom. The van der Waals surface area contributed by atoms with Crippen LogP contribution in [-0.4, -0.2) is 31.1 Å². The SMILES string of the molecule is CC.CN1CCC[C@@H](N)C1. The molecule has 0 aromatic rings. The van der Waals surface area contributed by atoms with Gasteiger partial charge in [0.25, 0.3) is 0 Å². The predicted molar refractivity (Wildman–Crippen MR) is 46.1 cm³/mol. The van der Waals surface area contributed by atoms with Crippen LogP contribution in [0.15, 0.2) is 0 Å². The normalized spacial score (nSPS) is 27.0. The van der Waals surface area contributed by atoms with Crippen molar-refractivity contribution in [3.05, 3.63) is 0 Å². The standard InChI is InChI=1S/C6H14N2.C2H6/c1-8-4-2-3-6(7)5-8;1-2/h6H,2-5,7H2,1H3;1-2H3/t6-;/m1./s1. The Kier molecular flexibility index (Phi) is 5.64. The molecule has 0 saturated carbocycles. The van der Waals surface area contributed by atoms with Crippen molar-refractivity contribution in [1.29, 1.82) is 0 Å². The molecule has 0 aromatic carbocycles. The second-order valence-electron chi connectivity index (χ2n) is 2.66. The Hall–Kier alpha value is -0.0800. The van der Waals surface area contributed by atoms with Gasteiger partial charge in [0.2, 0.25) is 0 Å². The zero-order chi connectivity index (χ0) is 7.98. The first kappa shape index (κ1) is 9.92. The van der Waals surface area contributed by atoms with Gasteiger partial charge >= 0.3 is 0 Å². The molecular formula is C8H20N2. The van der Waals surface area contributed by atoms with Gasteiger partial charge in [0.15, 0.2) is 0 Å². The molecule has 2 nitrogen and oxygen atoms in total. The van der Waals surface area contributed by atoms with Crippen LogP contribution in [0, 0.1) is 0 Å². The van der Waals surface area contributed by atoms with E-state index in [2.05, 4.69) is 11.9 Å². The predicted octanol–water partition coefficient (Wildman–Crippen LogP) is 1.07. The van der Waals surface area contributed by atoms with Crippen LogP contribution in [0.3, 0.4) is 0 Å². The molecule has 2 heteroatoms. The van der Waals surface area contributed by atoms with E-state index < -0.39 is 0 Å². The zero-order valence-corrected chi connectivity index (χ0v) is 7.43. The Bertz CT molecular complexity index is 65.7. The van der Waals surface area contributed by atoms with Crippen molar-refractivity contribution in [1.82, 2.24) is 4.90 Å². The summed E-state index contributed by atoms with van der Waals surface area (Å²) in [4.78, 5) is 2.29. The zero-order valence-electron chi connectivity index (χ0n) is 7.43. The number of hydrogen-bond acceptors (Lipinski definition) is 2. The molecule has 1 rings (SSSR count). The van der Waals surface area contributed by atoms with Crippen LogP contribution in [0.5, 0.6) is 0 Å². The van der Waals surface area contributed by atoms with E-state index in [9.17, 15) is 0 Å². The van der Waals surface area contributed by atoms with Crippen LogP contribution in [0.25, 0.3) is 0 Å². The van der Waals surface area contributed by atoms with Gasteiger partial charge in [-0.1, -0.05) is 13.8 Å². The average Bonchev–Trinajstić information content (AvgIpc) is 1.91. The summed E-state index contributed by atoms with van der Waals surface area (Å²) in [5, 5.41) is 0. The molecule has 0 aromatic heterocycles. The van der Waals surface area contributed by atoms with Gasteiger partial charge < -0.3 is 10.6 Å². The molecule has 0 spiro atoms. The molecule has 1 aliphatic rings. The second-order valence-corrected chi connectivity index (χ2v) is 2.66. The fraction of sp³-hybridized carbons (Fsp3) is 1.00. The number of hydrogen-bond donors (Lipinski definition) is 1. The molecule has 1 heterocycles. The highest BCUT2D eigenvalue weighted by Gasteiger charge is 2.11. The maximum absolute atomic E-state index is 5.68. The summed E-state index contributed by atoms with van der Waals surface area (Å²) in [5.41, 5.74) is 5.68. The molecule has 0 amide bonds. The summed E-state index contributed by atoms with van der Waals surface area (Å²) in [6, 6.07) is 0.439. The molecule has 2 N–H and O–H groups in total. The van der Waals surface area contributed by atoms with Crippen LogP contribution in [0.4, 0.5) is 0 Å². The van der Waals surface area contributed by atoms with E-state index in [1.807, 2.05) is 13.8 Å². The van der Waals surface area contributed by atoms with Crippen molar-refractivity contribution in [2.75, 3.05) is 20.1 Å². The van der Waals surface area contributed by atoms with E-state index in [0.29, 0.717) is 6.04 Å². The molecule has 1 fully saturated rings. The van der Waals surface area contributed by atoms with Gasteiger partial charge in [0.05, 0.1) is 0 Å². The number of rotatable bonds is 0. The number of nitrogens with zero attached hydrogens (tertiary/aromatic N) is 1. The molecule has 0 unspecified atom stereocenters. The van der Waals surface area contributed by atoms with Crippen molar-refractivity contribution in [3.8, 4) is 0 Å². The van der Waals surface area contributed by atoms with E-state index in [0.717, 1.165) is 6.54 Å². The number of piperidine rings is 1. The van der Waals surface area contributed by atoms with Gasteiger partial charge in [-0.2, -0.15) is 0 Å². The quantitative estimate of drug-likeness (QED) is 0.551. The van der Waals surface area contributed by atoms with Crippen LogP contribution in [-0.2, 0) is 0 Å². The Labute approximate surface area is 64.4 Å². The van der Waals surface area contributed by atoms with Gasteiger partial charge in [-0.05, 0) is 26.4 Å². The van der Waals surface area contributed by atoms with E-state index in [1.165, 1.54) is 19.4 Å². The van der Waals surface area contributed by atoms with Crippen molar-refractivity contribution >= 4 is 0 Å². The third-order valence-corrected chi connectivity index (χ3v) is 1.66. The lowest BCUT2D eigenvalue weighted by molar-refractivity contribution is 0.252. The number of nitrogens with two attached hydrogens (primary N) is 1. The first-order chi connectivity index (χ1) is 4.79. The Balaban J connectivity index is 0.000000371. The van der Waals surface area contributed by atoms with Gasteiger partial charge in [0.1, 0.15) is 0 Å². The molecule has 10 heavy (non-hydrogen) atoms. The second kappa shape index (κ2) is 5.69. The maximum atomic E-state index is 5.68. The van der Waals surface area contributed by atoms with Crippen molar-refractivity contribution in [2.45, 2.75) is 32.7 Å². The maximum Gasteiger partial charge on any atom is 0.0168 e. The molecule has 1 atom stereocenters. The van der Waals surface area contributed by atoms with E-state index in [1.54, 1.807) is 0 Å². The van der Waals surface area contributed by atoms with Crippen LogP contribution in [0.1, 0.15) is 26.7 Å². The molecule has 1 aliphatic heterocycles. The highest BCUT2D eigenvalue weighted by Crippen LogP contribution is 2.04. The Morgan fingerprint density at radius 3 is 2.30 bits per heavy atom. The molecular weight excluding hydrogens is 124 g/mol. The molecule has 0 aliphatic carbocycles. The summed E-state index contributed by atoms with van der Waals surface area (Å²) < 4.78 is 0. The molecule has 1 saturated heterocycles. The number of likely N-dealkylation sites (N-methyl/N-ethyl adjacent to an activating group) is 1. The lowest BCUT2D eigenvalue weighted by Crippen LogP contribution is -2.40. The van der Waals surface area contributed by atoms with Crippen LogP contribution >= 0.6 is 0 Å². The van der Waals surface area contributed by atoms with E-state index in [-0.39, 0.29) is 0 Å². The lowest BCUT2D eigenvalue weighted by atomic mass is 10.1. The summed E-state index contributed by atoms with van der Waals surface area (Å²) >= 11 is 0. The van der Waals surface area contributed by atoms with Gasteiger partial charge in [-0.15, -0.1) is 0 Å². The first-order valence-corrected chi connectivity index (χ1v) is 4.23. The minimum absolute atomic E-state index is 0.439. The Morgan fingerprint density at radius 1 is 1.40 bits per heavy atom. The third kappa shape index (κ3) is 3.85. The first-order valence-electron chi connectivity index (χ1n) is 4.23. The lowest BCUT2D eigenvalue weighted by Gasteiger charge is -2.26. The van der Waals surface area contributed by atoms with Gasteiger partial charge in [0, 0.05) is 12.6 Å². The minimum Gasteiger partial charge on any atom is -0.327 e. The fourth-order valence-electron chi connectivity index (χ4n) is 1.21. The van der Waals surface area contributed by atoms with E-state index in [4.69, 9.17) is 5.73 Å². The van der Waals surface area contributed by atoms with Crippen LogP contribution < -0.4 is 5.73 Å². The summed E-state index contributed by atoms with van der Waals surface area (Å²) in [7, 11) is 2.12. The fourth-order valence-corrected chi connectivity index (χ4v) is 1.21. The molecule has 0 radical (unpaired) electrons. The summed E-state index contributed by atoms with van der Waals surface area (Å²) in [5.74, 6) is 0. The third-order valence-electron chi connectivity index (χ3n) is 1.66. The van der Waals surface area contributed by atoms with Gasteiger partial charge in [-0.3, -0.25) is 0 Å². The monoisotopic (exact) mass is 144 g/mol. The van der Waals surface area contributed by atoms with Gasteiger partial charge in [-0.25, -0.2) is 0 Å². The highest BCUT2D eigenvalue weighted by molar-refractivity contribution is 4.71. The average molecular weight is 144 g/mol. The minimum atomic E-state index is 0.439. The van der Waals surface area contributed by atoms with Crippen LogP contribution in [0.2, 0.25) is 0 Å². The topological polar surface area (TPSA) is 29.3 Å². The van der Waals surface area contributed by atoms with Crippen molar-refractivity contribution < 1.29 is 0 Å². The smallest absolute Gasteiger partial charge is 0.0168 e.